The quantitative estimate of drug-likeness (QED) is 0.872. The van der Waals surface area contributed by atoms with Gasteiger partial charge in [-0.1, -0.05) is 22.8 Å². The minimum atomic E-state index is -0.268. The largest absolute Gasteiger partial charge is 0.360 e. The molecule has 0 bridgehead atoms. The summed E-state index contributed by atoms with van der Waals surface area (Å²) in [5, 5.41) is 6.79. The fraction of sp³-hybridized carbons (Fsp3) is 0.0909. The van der Waals surface area contributed by atoms with Crippen molar-refractivity contribution < 1.29 is 9.32 Å². The van der Waals surface area contributed by atoms with E-state index in [9.17, 15) is 4.79 Å². The molecule has 0 fully saturated rings. The van der Waals surface area contributed by atoms with Crippen molar-refractivity contribution in [2.45, 2.75) is 6.92 Å². The Hall–Kier alpha value is -1.81. The first-order chi connectivity index (χ1) is 7.65. The van der Waals surface area contributed by atoms with Gasteiger partial charge in [-0.05, 0) is 25.1 Å². The zero-order chi connectivity index (χ0) is 11.5. The number of hydrogen-bond acceptors (Lipinski definition) is 3. The van der Waals surface area contributed by atoms with E-state index in [1.807, 2.05) is 0 Å². The molecule has 1 amide bonds. The average molecular weight is 237 g/mol. The van der Waals surface area contributed by atoms with Gasteiger partial charge in [-0.15, -0.1) is 0 Å². The van der Waals surface area contributed by atoms with Gasteiger partial charge in [0.25, 0.3) is 5.91 Å². The van der Waals surface area contributed by atoms with Crippen molar-refractivity contribution in [2.75, 3.05) is 5.32 Å². The zero-order valence-corrected chi connectivity index (χ0v) is 9.28. The van der Waals surface area contributed by atoms with Crippen molar-refractivity contribution in [1.29, 1.82) is 0 Å². The summed E-state index contributed by atoms with van der Waals surface area (Å²) in [5.41, 5.74) is 0.480. The third-order valence-electron chi connectivity index (χ3n) is 1.96. The molecule has 1 aromatic heterocycles. The second-order valence-corrected chi connectivity index (χ2v) is 3.72. The number of nitrogens with one attached hydrogen (secondary N) is 1. The van der Waals surface area contributed by atoms with Crippen LogP contribution < -0.4 is 5.32 Å². The molecule has 16 heavy (non-hydrogen) atoms. The Morgan fingerprint density at radius 1 is 1.44 bits per heavy atom. The molecule has 5 heteroatoms. The lowest BCUT2D eigenvalue weighted by Gasteiger charge is -2.01. The molecular formula is C11H9ClN2O2. The van der Waals surface area contributed by atoms with Crippen LogP contribution in [0.5, 0.6) is 0 Å². The summed E-state index contributed by atoms with van der Waals surface area (Å²) in [6.07, 6.45) is 0. The minimum Gasteiger partial charge on any atom is -0.360 e. The molecule has 82 valence electrons. The lowest BCUT2D eigenvalue weighted by atomic mass is 10.2. The number of hydrogen-bond donors (Lipinski definition) is 1. The van der Waals surface area contributed by atoms with Gasteiger partial charge in [0, 0.05) is 16.7 Å². The Balaban J connectivity index is 2.14. The number of amides is 1. The molecule has 0 saturated heterocycles. The molecule has 2 rings (SSSR count). The number of nitrogens with zero attached hydrogens (tertiary/aromatic N) is 1. The molecule has 0 unspecified atom stereocenters. The van der Waals surface area contributed by atoms with Crippen LogP contribution in [0, 0.1) is 6.92 Å². The fourth-order valence-corrected chi connectivity index (χ4v) is 1.43. The lowest BCUT2D eigenvalue weighted by molar-refractivity contribution is 0.102. The summed E-state index contributed by atoms with van der Waals surface area (Å²) in [6.45, 7) is 1.75. The highest BCUT2D eigenvalue weighted by Gasteiger charge is 2.08. The summed E-state index contributed by atoms with van der Waals surface area (Å²) >= 11 is 5.78. The van der Waals surface area contributed by atoms with Gasteiger partial charge in [-0.25, -0.2) is 0 Å². The topological polar surface area (TPSA) is 55.1 Å². The maximum Gasteiger partial charge on any atom is 0.256 e. The van der Waals surface area contributed by atoms with Gasteiger partial charge in [0.05, 0.1) is 0 Å². The first kappa shape index (κ1) is 10.7. The molecule has 0 aliphatic heterocycles. The Labute approximate surface area is 97.2 Å². The summed E-state index contributed by atoms with van der Waals surface area (Å²) in [6, 6.07) is 8.32. The number of anilines is 1. The lowest BCUT2D eigenvalue weighted by Crippen LogP contribution is -2.11. The van der Waals surface area contributed by atoms with Crippen LogP contribution in [0.1, 0.15) is 16.1 Å². The van der Waals surface area contributed by atoms with E-state index in [-0.39, 0.29) is 5.91 Å². The Kier molecular flexibility index (Phi) is 2.92. The maximum absolute atomic E-state index is 11.7. The number of halogens is 1. The average Bonchev–Trinajstić information content (AvgIpc) is 2.64. The van der Waals surface area contributed by atoms with E-state index in [2.05, 4.69) is 10.5 Å². The van der Waals surface area contributed by atoms with Gasteiger partial charge in [0.2, 0.25) is 0 Å². The Bertz CT molecular complexity index is 522. The summed E-state index contributed by atoms with van der Waals surface area (Å²) in [4.78, 5) is 11.7. The standard InChI is InChI=1S/C11H9ClN2O2/c1-7-5-10(14-16-7)13-11(15)8-3-2-4-9(12)6-8/h2-6H,1H3,(H,13,14,15). The molecule has 0 radical (unpaired) electrons. The first-order valence-corrected chi connectivity index (χ1v) is 5.03. The van der Waals surface area contributed by atoms with Gasteiger partial charge in [-0.2, -0.15) is 0 Å². The van der Waals surface area contributed by atoms with Crippen LogP contribution in [-0.4, -0.2) is 11.1 Å². The van der Waals surface area contributed by atoms with Crippen LogP contribution in [0.25, 0.3) is 0 Å². The predicted octanol–water partition coefficient (Wildman–Crippen LogP) is 2.89. The van der Waals surface area contributed by atoms with Crippen molar-refractivity contribution in [1.82, 2.24) is 5.16 Å². The molecule has 4 nitrogen and oxygen atoms in total. The monoisotopic (exact) mass is 236 g/mol. The van der Waals surface area contributed by atoms with E-state index in [1.54, 1.807) is 37.3 Å². The first-order valence-electron chi connectivity index (χ1n) is 4.65. The number of benzene rings is 1. The van der Waals surface area contributed by atoms with E-state index in [4.69, 9.17) is 16.1 Å². The third kappa shape index (κ3) is 2.41. The SMILES string of the molecule is Cc1cc(NC(=O)c2cccc(Cl)c2)no1. The molecule has 0 spiro atoms. The van der Waals surface area contributed by atoms with E-state index >= 15 is 0 Å². The molecule has 1 N–H and O–H groups in total. The van der Waals surface area contributed by atoms with Crippen LogP contribution >= 0.6 is 11.6 Å². The second kappa shape index (κ2) is 4.37. The molecule has 0 aliphatic rings. The van der Waals surface area contributed by atoms with Gasteiger partial charge < -0.3 is 9.84 Å². The normalized spacial score (nSPS) is 10.1. The van der Waals surface area contributed by atoms with E-state index in [0.29, 0.717) is 22.2 Å². The Morgan fingerprint density at radius 3 is 2.88 bits per heavy atom. The van der Waals surface area contributed by atoms with E-state index < -0.39 is 0 Å². The van der Waals surface area contributed by atoms with Gasteiger partial charge in [0.1, 0.15) is 5.76 Å². The van der Waals surface area contributed by atoms with Crippen molar-refractivity contribution >= 4 is 23.3 Å². The van der Waals surface area contributed by atoms with Gasteiger partial charge >= 0.3 is 0 Å². The molecular weight excluding hydrogens is 228 g/mol. The number of carbonyl (C=O) groups is 1. The molecule has 0 saturated carbocycles. The maximum atomic E-state index is 11.7. The predicted molar refractivity (Wildman–Crippen MR) is 60.6 cm³/mol. The molecule has 1 heterocycles. The second-order valence-electron chi connectivity index (χ2n) is 3.29. The number of carbonyl (C=O) groups excluding carboxylic acids is 1. The molecule has 0 atom stereocenters. The van der Waals surface area contributed by atoms with Crippen LogP contribution in [0.2, 0.25) is 5.02 Å². The van der Waals surface area contributed by atoms with Gasteiger partial charge in [-0.3, -0.25) is 4.79 Å². The Morgan fingerprint density at radius 2 is 2.25 bits per heavy atom. The molecule has 0 aliphatic carbocycles. The summed E-state index contributed by atoms with van der Waals surface area (Å²) in [7, 11) is 0. The summed E-state index contributed by atoms with van der Waals surface area (Å²) < 4.78 is 4.83. The minimum absolute atomic E-state index is 0.268. The van der Waals surface area contributed by atoms with E-state index in [1.165, 1.54) is 0 Å². The van der Waals surface area contributed by atoms with Crippen molar-refractivity contribution in [3.63, 3.8) is 0 Å². The summed E-state index contributed by atoms with van der Waals surface area (Å²) in [5.74, 6) is 0.764. The van der Waals surface area contributed by atoms with Gasteiger partial charge in [0.15, 0.2) is 5.82 Å². The highest BCUT2D eigenvalue weighted by atomic mass is 35.5. The third-order valence-corrected chi connectivity index (χ3v) is 2.19. The smallest absolute Gasteiger partial charge is 0.256 e. The zero-order valence-electron chi connectivity index (χ0n) is 8.53. The number of aryl methyl sites for hydroxylation is 1. The molecule has 1 aromatic carbocycles. The van der Waals surface area contributed by atoms with Crippen molar-refractivity contribution in [2.24, 2.45) is 0 Å². The van der Waals surface area contributed by atoms with Crippen LogP contribution in [0.3, 0.4) is 0 Å². The molecule has 2 aromatic rings. The van der Waals surface area contributed by atoms with Crippen molar-refractivity contribution in [3.05, 3.63) is 46.7 Å². The number of aromatic nitrogens is 1. The van der Waals surface area contributed by atoms with Crippen LogP contribution in [0.4, 0.5) is 5.82 Å². The van der Waals surface area contributed by atoms with Crippen LogP contribution in [-0.2, 0) is 0 Å². The highest BCUT2D eigenvalue weighted by molar-refractivity contribution is 6.31. The van der Waals surface area contributed by atoms with Crippen molar-refractivity contribution in [3.8, 4) is 0 Å². The number of rotatable bonds is 2. The highest BCUT2D eigenvalue weighted by Crippen LogP contribution is 2.13. The fourth-order valence-electron chi connectivity index (χ4n) is 1.24. The van der Waals surface area contributed by atoms with Crippen LogP contribution in [0.15, 0.2) is 34.9 Å². The van der Waals surface area contributed by atoms with E-state index in [0.717, 1.165) is 0 Å².